The van der Waals surface area contributed by atoms with Crippen LogP contribution in [0.2, 0.25) is 0 Å². The van der Waals surface area contributed by atoms with Gasteiger partial charge in [0.2, 0.25) is 0 Å². The fourth-order valence-corrected chi connectivity index (χ4v) is 3.30. The molecule has 2 aromatic carbocycles. The summed E-state index contributed by atoms with van der Waals surface area (Å²) in [4.78, 5) is 0. The van der Waals surface area contributed by atoms with E-state index in [1.54, 1.807) is 0 Å². The Kier molecular flexibility index (Phi) is 3.88. The highest BCUT2D eigenvalue weighted by Gasteiger charge is 2.42. The maximum atomic E-state index is 3.53. The molecular formula is C19H23N. The minimum Gasteiger partial charge on any atom is -0.316 e. The monoisotopic (exact) mass is 265 g/mol. The van der Waals surface area contributed by atoms with Gasteiger partial charge in [-0.05, 0) is 49.8 Å². The lowest BCUT2D eigenvalue weighted by Crippen LogP contribution is -2.30. The van der Waals surface area contributed by atoms with Crippen LogP contribution in [0.25, 0.3) is 0 Å². The van der Waals surface area contributed by atoms with Crippen LogP contribution in [0.5, 0.6) is 0 Å². The van der Waals surface area contributed by atoms with Gasteiger partial charge in [0.05, 0.1) is 0 Å². The molecule has 1 fully saturated rings. The molecule has 2 aromatic rings. The quantitative estimate of drug-likeness (QED) is 0.863. The van der Waals surface area contributed by atoms with Crippen molar-refractivity contribution in [3.05, 3.63) is 71.3 Å². The topological polar surface area (TPSA) is 12.0 Å². The van der Waals surface area contributed by atoms with Crippen molar-refractivity contribution in [2.75, 3.05) is 7.05 Å². The van der Waals surface area contributed by atoms with Crippen LogP contribution in [0.4, 0.5) is 0 Å². The highest BCUT2D eigenvalue weighted by Crippen LogP contribution is 2.49. The van der Waals surface area contributed by atoms with Crippen molar-refractivity contribution in [2.24, 2.45) is 5.92 Å². The number of likely N-dealkylation sites (N-methyl/N-ethyl adjacent to an activating group) is 1. The minimum atomic E-state index is 0.585. The number of aryl methyl sites for hydroxylation is 1. The normalized spacial score (nSPS) is 22.5. The predicted octanol–water partition coefficient (Wildman–Crippen LogP) is 3.93. The molecule has 3 atom stereocenters. The average molecular weight is 265 g/mol. The molecule has 104 valence electrons. The second-order valence-electron chi connectivity index (χ2n) is 6.01. The van der Waals surface area contributed by atoms with E-state index in [9.17, 15) is 0 Å². The van der Waals surface area contributed by atoms with Crippen LogP contribution >= 0.6 is 0 Å². The van der Waals surface area contributed by atoms with Crippen LogP contribution in [-0.4, -0.2) is 13.1 Å². The lowest BCUT2D eigenvalue weighted by molar-refractivity contribution is 0.491. The van der Waals surface area contributed by atoms with Gasteiger partial charge in [-0.3, -0.25) is 0 Å². The number of rotatable bonds is 5. The van der Waals surface area contributed by atoms with E-state index in [1.807, 2.05) is 0 Å². The number of hydrogen-bond acceptors (Lipinski definition) is 1. The molecule has 0 heterocycles. The zero-order valence-corrected chi connectivity index (χ0v) is 12.3. The Morgan fingerprint density at radius 1 is 1.10 bits per heavy atom. The Labute approximate surface area is 122 Å². The van der Waals surface area contributed by atoms with Crippen molar-refractivity contribution in [1.29, 1.82) is 0 Å². The molecule has 1 nitrogen and oxygen atoms in total. The van der Waals surface area contributed by atoms with Gasteiger partial charge in [0, 0.05) is 6.04 Å². The lowest BCUT2D eigenvalue weighted by atomic mass is 9.98. The first-order chi connectivity index (χ1) is 9.78. The summed E-state index contributed by atoms with van der Waals surface area (Å²) in [5.41, 5.74) is 4.30. The molecule has 0 amide bonds. The average Bonchev–Trinajstić information content (AvgIpc) is 3.26. The molecule has 0 aliphatic heterocycles. The number of benzene rings is 2. The molecule has 0 aromatic heterocycles. The van der Waals surface area contributed by atoms with E-state index in [1.165, 1.54) is 23.1 Å². The third-order valence-electron chi connectivity index (χ3n) is 4.49. The van der Waals surface area contributed by atoms with Crippen LogP contribution in [0.3, 0.4) is 0 Å². The van der Waals surface area contributed by atoms with E-state index in [2.05, 4.69) is 73.9 Å². The third-order valence-corrected chi connectivity index (χ3v) is 4.49. The standard InChI is InChI=1S/C19H23N/c1-14-7-6-8-15(11-14)12-19(20-2)18-13-17(18)16-9-4-3-5-10-16/h3-11,17-20H,12-13H2,1-2H3. The highest BCUT2D eigenvalue weighted by atomic mass is 14.9. The smallest absolute Gasteiger partial charge is 0.0139 e. The van der Waals surface area contributed by atoms with Crippen molar-refractivity contribution in [3.8, 4) is 0 Å². The van der Waals surface area contributed by atoms with Gasteiger partial charge in [-0.1, -0.05) is 60.2 Å². The molecule has 0 saturated heterocycles. The van der Waals surface area contributed by atoms with Gasteiger partial charge >= 0.3 is 0 Å². The molecule has 1 heteroatoms. The van der Waals surface area contributed by atoms with Crippen molar-refractivity contribution in [1.82, 2.24) is 5.32 Å². The van der Waals surface area contributed by atoms with Gasteiger partial charge in [0.15, 0.2) is 0 Å². The molecule has 3 rings (SSSR count). The summed E-state index contributed by atoms with van der Waals surface area (Å²) in [5, 5.41) is 3.53. The largest absolute Gasteiger partial charge is 0.316 e. The fourth-order valence-electron chi connectivity index (χ4n) is 3.30. The predicted molar refractivity (Wildman–Crippen MR) is 85.0 cm³/mol. The van der Waals surface area contributed by atoms with E-state index < -0.39 is 0 Å². The molecule has 0 spiro atoms. The first-order valence-electron chi connectivity index (χ1n) is 7.55. The van der Waals surface area contributed by atoms with Crippen LogP contribution in [0, 0.1) is 12.8 Å². The van der Waals surface area contributed by atoms with Gasteiger partial charge < -0.3 is 5.32 Å². The molecule has 20 heavy (non-hydrogen) atoms. The molecule has 3 unspecified atom stereocenters. The van der Waals surface area contributed by atoms with Gasteiger partial charge in [-0.15, -0.1) is 0 Å². The second kappa shape index (κ2) is 5.80. The summed E-state index contributed by atoms with van der Waals surface area (Å²) in [5.74, 6) is 1.53. The molecule has 1 N–H and O–H groups in total. The summed E-state index contributed by atoms with van der Waals surface area (Å²) in [6.07, 6.45) is 2.45. The molecule has 0 radical (unpaired) electrons. The van der Waals surface area contributed by atoms with Crippen molar-refractivity contribution >= 4 is 0 Å². The van der Waals surface area contributed by atoms with E-state index in [4.69, 9.17) is 0 Å². The summed E-state index contributed by atoms with van der Waals surface area (Å²) in [6, 6.07) is 20.4. The first-order valence-corrected chi connectivity index (χ1v) is 7.55. The SMILES string of the molecule is CNC(Cc1cccc(C)c1)C1CC1c1ccccc1. The van der Waals surface area contributed by atoms with E-state index in [0.29, 0.717) is 6.04 Å². The maximum absolute atomic E-state index is 3.53. The Balaban J connectivity index is 1.67. The Bertz CT molecular complexity index is 561. The first kappa shape index (κ1) is 13.4. The van der Waals surface area contributed by atoms with Gasteiger partial charge in [0.1, 0.15) is 0 Å². The van der Waals surface area contributed by atoms with Crippen LogP contribution in [0.1, 0.15) is 29.0 Å². The van der Waals surface area contributed by atoms with E-state index in [0.717, 1.165) is 18.3 Å². The minimum absolute atomic E-state index is 0.585. The fraction of sp³-hybridized carbons (Fsp3) is 0.368. The van der Waals surface area contributed by atoms with Crippen molar-refractivity contribution in [2.45, 2.75) is 31.7 Å². The molecular weight excluding hydrogens is 242 g/mol. The summed E-state index contributed by atoms with van der Waals surface area (Å²) in [7, 11) is 2.10. The molecule has 1 aliphatic rings. The van der Waals surface area contributed by atoms with Crippen molar-refractivity contribution < 1.29 is 0 Å². The van der Waals surface area contributed by atoms with Gasteiger partial charge in [-0.2, -0.15) is 0 Å². The Morgan fingerprint density at radius 2 is 1.90 bits per heavy atom. The van der Waals surface area contributed by atoms with Gasteiger partial charge in [-0.25, -0.2) is 0 Å². The Hall–Kier alpha value is -1.60. The second-order valence-corrected chi connectivity index (χ2v) is 6.01. The molecule has 1 aliphatic carbocycles. The van der Waals surface area contributed by atoms with Crippen LogP contribution in [-0.2, 0) is 6.42 Å². The number of nitrogens with one attached hydrogen (secondary N) is 1. The summed E-state index contributed by atoms with van der Waals surface area (Å²) < 4.78 is 0. The lowest BCUT2D eigenvalue weighted by Gasteiger charge is -2.17. The summed E-state index contributed by atoms with van der Waals surface area (Å²) >= 11 is 0. The molecule has 1 saturated carbocycles. The van der Waals surface area contributed by atoms with Crippen LogP contribution < -0.4 is 5.32 Å². The molecule has 0 bridgehead atoms. The van der Waals surface area contributed by atoms with Crippen molar-refractivity contribution in [3.63, 3.8) is 0 Å². The van der Waals surface area contributed by atoms with Gasteiger partial charge in [0.25, 0.3) is 0 Å². The maximum Gasteiger partial charge on any atom is 0.0139 e. The van der Waals surface area contributed by atoms with E-state index >= 15 is 0 Å². The van der Waals surface area contributed by atoms with Crippen LogP contribution in [0.15, 0.2) is 54.6 Å². The highest BCUT2D eigenvalue weighted by molar-refractivity contribution is 5.28. The Morgan fingerprint density at radius 3 is 2.60 bits per heavy atom. The summed E-state index contributed by atoms with van der Waals surface area (Å²) in [6.45, 7) is 2.17. The number of hydrogen-bond donors (Lipinski definition) is 1. The van der Waals surface area contributed by atoms with E-state index in [-0.39, 0.29) is 0 Å². The zero-order valence-electron chi connectivity index (χ0n) is 12.3. The zero-order chi connectivity index (χ0) is 13.9. The third kappa shape index (κ3) is 2.94.